The highest BCUT2D eigenvalue weighted by molar-refractivity contribution is 9.10. The zero-order chi connectivity index (χ0) is 12.4. The van der Waals surface area contributed by atoms with E-state index >= 15 is 0 Å². The molecule has 0 aliphatic heterocycles. The summed E-state index contributed by atoms with van der Waals surface area (Å²) in [5, 5.41) is 8.34. The topological polar surface area (TPSA) is 30.7 Å². The molecule has 1 aromatic carbocycles. The van der Waals surface area contributed by atoms with Crippen LogP contribution >= 0.6 is 31.9 Å². The minimum absolute atomic E-state index is 0.264. The lowest BCUT2D eigenvalue weighted by atomic mass is 10.2. The second-order valence-electron chi connectivity index (χ2n) is 3.87. The van der Waals surface area contributed by atoms with Crippen molar-refractivity contribution in [3.8, 4) is 5.69 Å². The van der Waals surface area contributed by atoms with E-state index in [0.717, 1.165) is 22.3 Å². The molecule has 0 saturated heterocycles. The summed E-state index contributed by atoms with van der Waals surface area (Å²) in [5.74, 6) is 0. The molecule has 0 fully saturated rings. The van der Waals surface area contributed by atoms with E-state index in [1.165, 1.54) is 5.56 Å². The molecular weight excluding hydrogens is 346 g/mol. The number of aryl methyl sites for hydroxylation is 1. The molecule has 0 amide bonds. The van der Waals surface area contributed by atoms with Crippen LogP contribution in [0, 0.1) is 6.92 Å². The summed E-state index contributed by atoms with van der Waals surface area (Å²) in [5.41, 5.74) is 3.16. The predicted octanol–water partition coefficient (Wildman–Crippen LogP) is 4.18. The summed E-state index contributed by atoms with van der Waals surface area (Å²) in [6.45, 7) is 4.17. The van der Waals surface area contributed by atoms with E-state index in [2.05, 4.69) is 62.1 Å². The van der Waals surface area contributed by atoms with Crippen molar-refractivity contribution in [3.05, 3.63) is 40.1 Å². The molecule has 0 N–H and O–H groups in total. The molecule has 0 radical (unpaired) electrons. The number of nitrogens with zero attached hydrogens (tertiary/aromatic N) is 3. The lowest BCUT2D eigenvalue weighted by molar-refractivity contribution is 0.787. The molecule has 0 spiro atoms. The van der Waals surface area contributed by atoms with Gasteiger partial charge in [0.1, 0.15) is 0 Å². The van der Waals surface area contributed by atoms with E-state index in [0.29, 0.717) is 0 Å². The minimum Gasteiger partial charge on any atom is -0.219 e. The Labute approximate surface area is 117 Å². The summed E-state index contributed by atoms with van der Waals surface area (Å²) in [6.07, 6.45) is 2.95. The second kappa shape index (κ2) is 5.31. The van der Waals surface area contributed by atoms with Crippen LogP contribution in [0.3, 0.4) is 0 Å². The fourth-order valence-electron chi connectivity index (χ4n) is 1.56. The van der Waals surface area contributed by atoms with Crippen LogP contribution in [0.1, 0.15) is 29.4 Å². The number of rotatable bonds is 3. The van der Waals surface area contributed by atoms with Gasteiger partial charge in [0.25, 0.3) is 0 Å². The molecule has 1 atom stereocenters. The smallest absolute Gasteiger partial charge is 0.0967 e. The normalized spacial score (nSPS) is 12.7. The lowest BCUT2D eigenvalue weighted by Crippen LogP contribution is -1.97. The largest absolute Gasteiger partial charge is 0.219 e. The molecule has 90 valence electrons. The van der Waals surface area contributed by atoms with Crippen LogP contribution in [0.2, 0.25) is 0 Å². The quantitative estimate of drug-likeness (QED) is 0.770. The van der Waals surface area contributed by atoms with Gasteiger partial charge in [0.15, 0.2) is 0 Å². The molecule has 0 saturated carbocycles. The van der Waals surface area contributed by atoms with Crippen LogP contribution in [0.5, 0.6) is 0 Å². The maximum absolute atomic E-state index is 4.18. The Hall–Kier alpha value is -0.680. The fraction of sp³-hybridized carbons (Fsp3) is 0.333. The number of hydrogen-bond donors (Lipinski definition) is 0. The molecule has 0 aliphatic rings. The average Bonchev–Trinajstić information content (AvgIpc) is 2.81. The van der Waals surface area contributed by atoms with Crippen molar-refractivity contribution in [1.82, 2.24) is 15.0 Å². The van der Waals surface area contributed by atoms with E-state index in [-0.39, 0.29) is 4.83 Å². The molecule has 2 aromatic rings. The van der Waals surface area contributed by atoms with Gasteiger partial charge in [0, 0.05) is 4.47 Å². The SMILES string of the molecule is CCC(Br)c1cn(-c2cccc(C)c2Br)nn1. The minimum atomic E-state index is 0.264. The van der Waals surface area contributed by atoms with Gasteiger partial charge in [0.05, 0.1) is 22.4 Å². The lowest BCUT2D eigenvalue weighted by Gasteiger charge is -2.05. The van der Waals surface area contributed by atoms with Gasteiger partial charge < -0.3 is 0 Å². The van der Waals surface area contributed by atoms with E-state index in [4.69, 9.17) is 0 Å². The van der Waals surface area contributed by atoms with Gasteiger partial charge in [0.2, 0.25) is 0 Å². The highest BCUT2D eigenvalue weighted by atomic mass is 79.9. The molecule has 0 bridgehead atoms. The standard InChI is InChI=1S/C12H13Br2N3/c1-3-9(13)10-7-17(16-15-10)11-6-4-5-8(2)12(11)14/h4-7,9H,3H2,1-2H3. The van der Waals surface area contributed by atoms with Gasteiger partial charge in [-0.1, -0.05) is 40.2 Å². The number of benzene rings is 1. The van der Waals surface area contributed by atoms with Crippen LogP contribution in [0.15, 0.2) is 28.9 Å². The highest BCUT2D eigenvalue weighted by Gasteiger charge is 2.12. The van der Waals surface area contributed by atoms with E-state index in [9.17, 15) is 0 Å². The van der Waals surface area contributed by atoms with Gasteiger partial charge in [-0.15, -0.1) is 5.10 Å². The summed E-state index contributed by atoms with van der Waals surface area (Å²) in [4.78, 5) is 0.264. The fourth-order valence-corrected chi connectivity index (χ4v) is 2.21. The molecule has 17 heavy (non-hydrogen) atoms. The molecule has 0 aliphatic carbocycles. The first-order valence-electron chi connectivity index (χ1n) is 5.45. The Bertz CT molecular complexity index is 522. The van der Waals surface area contributed by atoms with Crippen LogP contribution in [0.4, 0.5) is 0 Å². The van der Waals surface area contributed by atoms with Crippen molar-refractivity contribution in [2.75, 3.05) is 0 Å². The van der Waals surface area contributed by atoms with Crippen LogP contribution in [0.25, 0.3) is 5.69 Å². The third-order valence-electron chi connectivity index (χ3n) is 2.61. The van der Waals surface area contributed by atoms with E-state index in [1.807, 2.05) is 18.3 Å². The molecule has 1 unspecified atom stereocenters. The van der Waals surface area contributed by atoms with Crippen molar-refractivity contribution in [3.63, 3.8) is 0 Å². The van der Waals surface area contributed by atoms with Crippen molar-refractivity contribution < 1.29 is 0 Å². The summed E-state index contributed by atoms with van der Waals surface area (Å²) in [6, 6.07) is 6.09. The maximum atomic E-state index is 4.18. The molecule has 2 rings (SSSR count). The number of aromatic nitrogens is 3. The Kier molecular flexibility index (Phi) is 3.99. The number of halogens is 2. The van der Waals surface area contributed by atoms with Crippen LogP contribution in [-0.2, 0) is 0 Å². The Morgan fingerprint density at radius 3 is 2.88 bits per heavy atom. The second-order valence-corrected chi connectivity index (χ2v) is 5.77. The number of alkyl halides is 1. The first-order valence-corrected chi connectivity index (χ1v) is 7.16. The molecular formula is C12H13Br2N3. The third-order valence-corrected chi connectivity index (χ3v) is 4.76. The number of hydrogen-bond acceptors (Lipinski definition) is 2. The first kappa shape index (κ1) is 12.8. The van der Waals surface area contributed by atoms with Crippen molar-refractivity contribution in [1.29, 1.82) is 0 Å². The third kappa shape index (κ3) is 2.60. The van der Waals surface area contributed by atoms with E-state index in [1.54, 1.807) is 4.68 Å². The highest BCUT2D eigenvalue weighted by Crippen LogP contribution is 2.27. The van der Waals surface area contributed by atoms with Crippen LogP contribution in [-0.4, -0.2) is 15.0 Å². The molecule has 3 nitrogen and oxygen atoms in total. The molecule has 1 heterocycles. The zero-order valence-corrected chi connectivity index (χ0v) is 12.9. The van der Waals surface area contributed by atoms with E-state index < -0.39 is 0 Å². The van der Waals surface area contributed by atoms with Crippen molar-refractivity contribution in [2.45, 2.75) is 25.1 Å². The van der Waals surface area contributed by atoms with Gasteiger partial charge >= 0.3 is 0 Å². The average molecular weight is 359 g/mol. The van der Waals surface area contributed by atoms with Gasteiger partial charge in [-0.2, -0.15) is 0 Å². The Morgan fingerprint density at radius 1 is 1.41 bits per heavy atom. The maximum Gasteiger partial charge on any atom is 0.0967 e. The van der Waals surface area contributed by atoms with Crippen molar-refractivity contribution >= 4 is 31.9 Å². The molecule has 1 aromatic heterocycles. The van der Waals surface area contributed by atoms with Gasteiger partial charge in [-0.05, 0) is 40.9 Å². The summed E-state index contributed by atoms with van der Waals surface area (Å²) < 4.78 is 2.86. The molecule has 5 heteroatoms. The first-order chi connectivity index (χ1) is 8.13. The van der Waals surface area contributed by atoms with Crippen molar-refractivity contribution in [2.24, 2.45) is 0 Å². The summed E-state index contributed by atoms with van der Waals surface area (Å²) >= 11 is 7.16. The zero-order valence-electron chi connectivity index (χ0n) is 9.69. The summed E-state index contributed by atoms with van der Waals surface area (Å²) in [7, 11) is 0. The van der Waals surface area contributed by atoms with Gasteiger partial charge in [-0.25, -0.2) is 4.68 Å². The van der Waals surface area contributed by atoms with Gasteiger partial charge in [-0.3, -0.25) is 0 Å². The Morgan fingerprint density at radius 2 is 2.18 bits per heavy atom. The predicted molar refractivity (Wildman–Crippen MR) is 75.8 cm³/mol. The Balaban J connectivity index is 2.40. The van der Waals surface area contributed by atoms with Crippen LogP contribution < -0.4 is 0 Å². The monoisotopic (exact) mass is 357 g/mol.